The standard InChI is InChI=1S/C27H34N2O4/c1-26(2,3)33-25(31)29-15-13-27(14-16-29)17-24(30)28-18-22(27)21-11-7-8-12-23(21)32-19-20-9-5-4-6-10-20/h4-12,22H,13-19H2,1-3H3,(H,28,30)/t22-/m0/s1. The maximum absolute atomic E-state index is 12.6. The molecular weight excluding hydrogens is 416 g/mol. The van der Waals surface area contributed by atoms with E-state index in [2.05, 4.69) is 23.5 Å². The molecule has 6 heteroatoms. The Morgan fingerprint density at radius 1 is 1.06 bits per heavy atom. The smallest absolute Gasteiger partial charge is 0.410 e. The van der Waals surface area contributed by atoms with E-state index >= 15 is 0 Å². The Kier molecular flexibility index (Phi) is 6.63. The summed E-state index contributed by atoms with van der Waals surface area (Å²) in [6.45, 7) is 7.89. The van der Waals surface area contributed by atoms with Crippen molar-refractivity contribution < 1.29 is 19.1 Å². The van der Waals surface area contributed by atoms with E-state index in [-0.39, 0.29) is 23.3 Å². The number of piperidine rings is 2. The fraction of sp³-hybridized carbons (Fsp3) is 0.481. The third-order valence-corrected chi connectivity index (χ3v) is 6.70. The van der Waals surface area contributed by atoms with Crippen LogP contribution < -0.4 is 10.1 Å². The van der Waals surface area contributed by atoms with Gasteiger partial charge in [-0.05, 0) is 56.2 Å². The van der Waals surface area contributed by atoms with E-state index in [9.17, 15) is 9.59 Å². The predicted molar refractivity (Wildman–Crippen MR) is 127 cm³/mol. The lowest BCUT2D eigenvalue weighted by Crippen LogP contribution is -2.53. The van der Waals surface area contributed by atoms with Gasteiger partial charge in [-0.15, -0.1) is 0 Å². The van der Waals surface area contributed by atoms with Crippen LogP contribution in [0.1, 0.15) is 57.1 Å². The van der Waals surface area contributed by atoms with E-state index < -0.39 is 5.60 Å². The lowest BCUT2D eigenvalue weighted by molar-refractivity contribution is -0.128. The molecule has 33 heavy (non-hydrogen) atoms. The minimum absolute atomic E-state index is 0.0830. The van der Waals surface area contributed by atoms with Crippen molar-refractivity contribution in [3.63, 3.8) is 0 Å². The van der Waals surface area contributed by atoms with Crippen LogP contribution >= 0.6 is 0 Å². The number of rotatable bonds is 4. The van der Waals surface area contributed by atoms with Crippen LogP contribution in [0.15, 0.2) is 54.6 Å². The zero-order valence-electron chi connectivity index (χ0n) is 19.8. The van der Waals surface area contributed by atoms with Gasteiger partial charge in [-0.2, -0.15) is 0 Å². The monoisotopic (exact) mass is 450 g/mol. The van der Waals surface area contributed by atoms with Crippen molar-refractivity contribution in [2.75, 3.05) is 19.6 Å². The van der Waals surface area contributed by atoms with Crippen LogP contribution in [0.4, 0.5) is 4.79 Å². The first-order valence-corrected chi connectivity index (χ1v) is 11.8. The highest BCUT2D eigenvalue weighted by Gasteiger charge is 2.48. The van der Waals surface area contributed by atoms with E-state index in [4.69, 9.17) is 9.47 Å². The summed E-state index contributed by atoms with van der Waals surface area (Å²) < 4.78 is 11.8. The minimum Gasteiger partial charge on any atom is -0.489 e. The molecule has 0 aromatic heterocycles. The van der Waals surface area contributed by atoms with Gasteiger partial charge in [0.15, 0.2) is 0 Å². The van der Waals surface area contributed by atoms with Gasteiger partial charge in [0.25, 0.3) is 0 Å². The van der Waals surface area contributed by atoms with Crippen molar-refractivity contribution in [3.8, 4) is 5.75 Å². The SMILES string of the molecule is CC(C)(C)OC(=O)N1CCC2(CC1)CC(=O)NC[C@H]2c1ccccc1OCc1ccccc1. The molecule has 0 saturated carbocycles. The molecule has 2 heterocycles. The van der Waals surface area contributed by atoms with E-state index in [1.807, 2.05) is 57.2 Å². The number of benzene rings is 2. The Morgan fingerprint density at radius 2 is 1.73 bits per heavy atom. The average Bonchev–Trinajstić information content (AvgIpc) is 2.78. The van der Waals surface area contributed by atoms with Crippen molar-refractivity contribution in [2.24, 2.45) is 5.41 Å². The molecule has 4 rings (SSSR count). The van der Waals surface area contributed by atoms with Gasteiger partial charge in [0.2, 0.25) is 5.91 Å². The molecule has 1 atom stereocenters. The van der Waals surface area contributed by atoms with Gasteiger partial charge in [0.1, 0.15) is 18.0 Å². The number of ether oxygens (including phenoxy) is 2. The molecule has 1 N–H and O–H groups in total. The Hall–Kier alpha value is -3.02. The third kappa shape index (κ3) is 5.49. The number of para-hydroxylation sites is 1. The van der Waals surface area contributed by atoms with Crippen LogP contribution in [0.5, 0.6) is 5.75 Å². The molecule has 2 aliphatic rings. The van der Waals surface area contributed by atoms with Crippen LogP contribution in [0.2, 0.25) is 0 Å². The van der Waals surface area contributed by atoms with Crippen molar-refractivity contribution in [1.82, 2.24) is 10.2 Å². The molecule has 6 nitrogen and oxygen atoms in total. The second-order valence-corrected chi connectivity index (χ2v) is 10.2. The molecule has 2 aliphatic heterocycles. The summed E-state index contributed by atoms with van der Waals surface area (Å²) in [6, 6.07) is 18.3. The zero-order chi connectivity index (χ0) is 23.5. The number of carbonyl (C=O) groups is 2. The van der Waals surface area contributed by atoms with E-state index in [1.165, 1.54) is 0 Å². The second kappa shape index (κ2) is 9.46. The molecule has 2 amide bonds. The highest BCUT2D eigenvalue weighted by molar-refractivity contribution is 5.78. The molecule has 1 spiro atoms. The fourth-order valence-corrected chi connectivity index (χ4v) is 5.00. The Bertz CT molecular complexity index is 975. The quantitative estimate of drug-likeness (QED) is 0.720. The van der Waals surface area contributed by atoms with Crippen molar-refractivity contribution >= 4 is 12.0 Å². The van der Waals surface area contributed by atoms with Gasteiger partial charge >= 0.3 is 6.09 Å². The van der Waals surface area contributed by atoms with Gasteiger partial charge in [-0.3, -0.25) is 4.79 Å². The summed E-state index contributed by atoms with van der Waals surface area (Å²) in [5.41, 5.74) is 1.52. The number of likely N-dealkylation sites (tertiary alicyclic amines) is 1. The topological polar surface area (TPSA) is 67.9 Å². The summed E-state index contributed by atoms with van der Waals surface area (Å²) >= 11 is 0. The van der Waals surface area contributed by atoms with Gasteiger partial charge in [-0.1, -0.05) is 48.5 Å². The average molecular weight is 451 g/mol. The maximum Gasteiger partial charge on any atom is 0.410 e. The van der Waals surface area contributed by atoms with Gasteiger partial charge in [0, 0.05) is 32.0 Å². The van der Waals surface area contributed by atoms with Crippen LogP contribution in [-0.4, -0.2) is 42.1 Å². The van der Waals surface area contributed by atoms with Gasteiger partial charge < -0.3 is 19.7 Å². The summed E-state index contributed by atoms with van der Waals surface area (Å²) in [6.07, 6.45) is 1.71. The molecular formula is C27H34N2O4. The van der Waals surface area contributed by atoms with Crippen LogP contribution in [0.25, 0.3) is 0 Å². The van der Waals surface area contributed by atoms with Gasteiger partial charge in [-0.25, -0.2) is 4.79 Å². The van der Waals surface area contributed by atoms with E-state index in [0.717, 1.165) is 29.7 Å². The first kappa shape index (κ1) is 23.1. The van der Waals surface area contributed by atoms with Crippen LogP contribution in [0.3, 0.4) is 0 Å². The van der Waals surface area contributed by atoms with Crippen molar-refractivity contribution in [3.05, 3.63) is 65.7 Å². The fourth-order valence-electron chi connectivity index (χ4n) is 5.00. The molecule has 2 aromatic rings. The first-order valence-electron chi connectivity index (χ1n) is 11.8. The Balaban J connectivity index is 1.53. The number of amides is 2. The summed E-state index contributed by atoms with van der Waals surface area (Å²) in [5, 5.41) is 3.07. The number of hydrogen-bond acceptors (Lipinski definition) is 4. The molecule has 0 radical (unpaired) electrons. The van der Waals surface area contributed by atoms with E-state index in [1.54, 1.807) is 4.90 Å². The van der Waals surface area contributed by atoms with Crippen LogP contribution in [-0.2, 0) is 16.1 Å². The van der Waals surface area contributed by atoms with Crippen molar-refractivity contribution in [1.29, 1.82) is 0 Å². The Labute approximate surface area is 196 Å². The number of nitrogens with zero attached hydrogens (tertiary/aromatic N) is 1. The highest BCUT2D eigenvalue weighted by atomic mass is 16.6. The number of hydrogen-bond donors (Lipinski definition) is 1. The lowest BCUT2D eigenvalue weighted by Gasteiger charge is -2.49. The van der Waals surface area contributed by atoms with Crippen LogP contribution in [0, 0.1) is 5.41 Å². The molecule has 2 fully saturated rings. The highest BCUT2D eigenvalue weighted by Crippen LogP contribution is 2.50. The largest absolute Gasteiger partial charge is 0.489 e. The third-order valence-electron chi connectivity index (χ3n) is 6.70. The predicted octanol–water partition coefficient (Wildman–Crippen LogP) is 4.89. The van der Waals surface area contributed by atoms with Crippen molar-refractivity contribution in [2.45, 2.75) is 58.2 Å². The molecule has 0 unspecified atom stereocenters. The summed E-state index contributed by atoms with van der Waals surface area (Å²) in [4.78, 5) is 26.8. The number of nitrogens with one attached hydrogen (secondary N) is 1. The first-order chi connectivity index (χ1) is 15.8. The minimum atomic E-state index is -0.519. The lowest BCUT2D eigenvalue weighted by atomic mass is 9.62. The molecule has 176 valence electrons. The summed E-state index contributed by atoms with van der Waals surface area (Å²) in [7, 11) is 0. The van der Waals surface area contributed by atoms with E-state index in [0.29, 0.717) is 32.7 Å². The normalized spacial score (nSPS) is 20.3. The molecule has 0 bridgehead atoms. The Morgan fingerprint density at radius 3 is 2.42 bits per heavy atom. The van der Waals surface area contributed by atoms with Gasteiger partial charge in [0.05, 0.1) is 0 Å². The molecule has 2 saturated heterocycles. The molecule has 2 aromatic carbocycles. The molecule has 0 aliphatic carbocycles. The zero-order valence-corrected chi connectivity index (χ0v) is 19.8. The second-order valence-electron chi connectivity index (χ2n) is 10.2. The summed E-state index contributed by atoms with van der Waals surface area (Å²) in [5.74, 6) is 1.07. The number of carbonyl (C=O) groups excluding carboxylic acids is 2. The maximum atomic E-state index is 12.6.